The van der Waals surface area contributed by atoms with Crippen LogP contribution in [0.1, 0.15) is 13.3 Å². The molecule has 4 heteroatoms. The van der Waals surface area contributed by atoms with Crippen LogP contribution in [0.15, 0.2) is 9.28 Å². The molecule has 0 spiro atoms. The second kappa shape index (κ2) is 4.54. The smallest absolute Gasteiger partial charge is 0.258 e. The maximum Gasteiger partial charge on any atom is 0.258 e. The third kappa shape index (κ3) is 2.55. The third-order valence-electron chi connectivity index (χ3n) is 1.09. The number of nitrogens with one attached hydrogen (secondary N) is 1. The monoisotopic (exact) mass is 254 g/mol. The first-order chi connectivity index (χ1) is 4.63. The zero-order chi connectivity index (χ0) is 8.15. The lowest BCUT2D eigenvalue weighted by Gasteiger charge is -2.00. The predicted molar refractivity (Wildman–Crippen MR) is 49.6 cm³/mol. The van der Waals surface area contributed by atoms with Crippen LogP contribution in [0.2, 0.25) is 0 Å². The molecule has 0 heterocycles. The van der Waals surface area contributed by atoms with E-state index in [1.165, 1.54) is 0 Å². The van der Waals surface area contributed by atoms with Gasteiger partial charge >= 0.3 is 0 Å². The molecule has 0 fully saturated rings. The molecule has 3 N–H and O–H groups in total. The zero-order valence-corrected chi connectivity index (χ0v) is 8.23. The lowest BCUT2D eigenvalue weighted by molar-refractivity contribution is -0.116. The van der Waals surface area contributed by atoms with E-state index in [4.69, 9.17) is 5.73 Å². The number of carbonyl (C=O) groups excluding carboxylic acids is 1. The first-order valence-corrected chi connectivity index (χ1v) is 4.07. The van der Waals surface area contributed by atoms with Crippen molar-refractivity contribution in [1.82, 2.24) is 5.32 Å². The van der Waals surface area contributed by atoms with Gasteiger partial charge in [-0.2, -0.15) is 0 Å². The molecule has 0 aromatic heterocycles. The molecular weight excluding hydrogens is 243 g/mol. The Morgan fingerprint density at radius 2 is 2.20 bits per heavy atom. The standard InChI is InChI=1S/C6H11IN2O/c1-3-4(8)5(7)6(10)9-2/h3,8H2,1-2H3,(H,9,10)/b5-4+. The summed E-state index contributed by atoms with van der Waals surface area (Å²) in [4.78, 5) is 10.9. The van der Waals surface area contributed by atoms with Crippen LogP contribution in [-0.4, -0.2) is 13.0 Å². The van der Waals surface area contributed by atoms with Gasteiger partial charge in [-0.25, -0.2) is 0 Å². The van der Waals surface area contributed by atoms with Gasteiger partial charge in [0.1, 0.15) is 0 Å². The Morgan fingerprint density at radius 3 is 2.50 bits per heavy atom. The summed E-state index contributed by atoms with van der Waals surface area (Å²) in [5, 5.41) is 2.50. The summed E-state index contributed by atoms with van der Waals surface area (Å²) in [6, 6.07) is 0. The van der Waals surface area contributed by atoms with Crippen LogP contribution in [0.3, 0.4) is 0 Å². The fourth-order valence-electron chi connectivity index (χ4n) is 0.411. The molecule has 0 aromatic carbocycles. The lowest BCUT2D eigenvalue weighted by Crippen LogP contribution is -2.20. The summed E-state index contributed by atoms with van der Waals surface area (Å²) in [6.45, 7) is 1.91. The van der Waals surface area contributed by atoms with Gasteiger partial charge in [-0.1, -0.05) is 6.92 Å². The first-order valence-electron chi connectivity index (χ1n) is 2.99. The SMILES string of the molecule is CC/C(N)=C(\I)C(=O)NC. The minimum atomic E-state index is -0.111. The van der Waals surface area contributed by atoms with Crippen molar-refractivity contribution in [2.45, 2.75) is 13.3 Å². The van der Waals surface area contributed by atoms with Crippen LogP contribution < -0.4 is 11.1 Å². The van der Waals surface area contributed by atoms with Gasteiger partial charge < -0.3 is 11.1 Å². The number of allylic oxidation sites excluding steroid dienone is 1. The molecule has 10 heavy (non-hydrogen) atoms. The van der Waals surface area contributed by atoms with Crippen LogP contribution in [-0.2, 0) is 4.79 Å². The molecule has 0 saturated heterocycles. The number of likely N-dealkylation sites (N-methyl/N-ethyl adjacent to an activating group) is 1. The van der Waals surface area contributed by atoms with Crippen LogP contribution in [0.25, 0.3) is 0 Å². The average molecular weight is 254 g/mol. The molecule has 1 amide bonds. The summed E-state index contributed by atoms with van der Waals surface area (Å²) in [6.07, 6.45) is 0.714. The summed E-state index contributed by atoms with van der Waals surface area (Å²) in [7, 11) is 1.59. The van der Waals surface area contributed by atoms with E-state index in [1.54, 1.807) is 7.05 Å². The fourth-order valence-corrected chi connectivity index (χ4v) is 1.06. The quantitative estimate of drug-likeness (QED) is 0.564. The molecule has 0 saturated carbocycles. The molecule has 0 aliphatic rings. The van der Waals surface area contributed by atoms with Gasteiger partial charge in [0.2, 0.25) is 0 Å². The zero-order valence-electron chi connectivity index (χ0n) is 6.07. The Balaban J connectivity index is 4.30. The number of nitrogens with two attached hydrogens (primary N) is 1. The van der Waals surface area contributed by atoms with Crippen molar-refractivity contribution in [1.29, 1.82) is 0 Å². The lowest BCUT2D eigenvalue weighted by atomic mass is 10.3. The van der Waals surface area contributed by atoms with E-state index in [0.29, 0.717) is 15.7 Å². The van der Waals surface area contributed by atoms with Crippen molar-refractivity contribution in [3.63, 3.8) is 0 Å². The third-order valence-corrected chi connectivity index (χ3v) is 2.27. The molecule has 0 aliphatic carbocycles. The summed E-state index contributed by atoms with van der Waals surface area (Å²) in [5.41, 5.74) is 6.14. The van der Waals surface area contributed by atoms with Gasteiger partial charge in [-0.3, -0.25) is 4.79 Å². The highest BCUT2D eigenvalue weighted by Crippen LogP contribution is 2.10. The highest BCUT2D eigenvalue weighted by Gasteiger charge is 2.05. The number of hydrogen-bond acceptors (Lipinski definition) is 2. The first kappa shape index (κ1) is 9.74. The fraction of sp³-hybridized carbons (Fsp3) is 0.500. The molecule has 0 aliphatic heterocycles. The molecule has 0 bridgehead atoms. The topological polar surface area (TPSA) is 55.1 Å². The van der Waals surface area contributed by atoms with Crippen molar-refractivity contribution in [2.75, 3.05) is 7.05 Å². The highest BCUT2D eigenvalue weighted by atomic mass is 127. The number of carbonyl (C=O) groups is 1. The summed E-state index contributed by atoms with van der Waals surface area (Å²) >= 11 is 1.94. The second-order valence-electron chi connectivity index (χ2n) is 1.77. The van der Waals surface area contributed by atoms with E-state index in [1.807, 2.05) is 29.5 Å². The van der Waals surface area contributed by atoms with Crippen LogP contribution in [0, 0.1) is 0 Å². The van der Waals surface area contributed by atoms with E-state index in [-0.39, 0.29) is 5.91 Å². The Morgan fingerprint density at radius 1 is 1.70 bits per heavy atom. The van der Waals surface area contributed by atoms with E-state index in [2.05, 4.69) is 5.32 Å². The molecular formula is C6H11IN2O. The van der Waals surface area contributed by atoms with Gasteiger partial charge in [-0.15, -0.1) is 0 Å². The maximum absolute atomic E-state index is 10.9. The van der Waals surface area contributed by atoms with Gasteiger partial charge in [0.05, 0.1) is 3.58 Å². The van der Waals surface area contributed by atoms with Crippen molar-refractivity contribution in [3.8, 4) is 0 Å². The largest absolute Gasteiger partial charge is 0.401 e. The maximum atomic E-state index is 10.9. The number of halogens is 1. The molecule has 0 radical (unpaired) electrons. The van der Waals surface area contributed by atoms with E-state index in [9.17, 15) is 4.79 Å². The summed E-state index contributed by atoms with van der Waals surface area (Å²) in [5.74, 6) is -0.111. The van der Waals surface area contributed by atoms with Crippen molar-refractivity contribution in [3.05, 3.63) is 9.28 Å². The van der Waals surface area contributed by atoms with Crippen LogP contribution >= 0.6 is 22.6 Å². The minimum Gasteiger partial charge on any atom is -0.401 e. The Kier molecular flexibility index (Phi) is 4.42. The van der Waals surface area contributed by atoms with Crippen molar-refractivity contribution in [2.24, 2.45) is 5.73 Å². The molecule has 58 valence electrons. The predicted octanol–water partition coefficient (Wildman–Crippen LogP) is 0.748. The number of amides is 1. The van der Waals surface area contributed by atoms with Gasteiger partial charge in [0.15, 0.2) is 0 Å². The Labute approximate surface area is 74.2 Å². The van der Waals surface area contributed by atoms with Crippen LogP contribution in [0.4, 0.5) is 0 Å². The van der Waals surface area contributed by atoms with Gasteiger partial charge in [0, 0.05) is 12.7 Å². The average Bonchev–Trinajstić information content (AvgIpc) is 2.00. The van der Waals surface area contributed by atoms with Gasteiger partial charge in [0.25, 0.3) is 5.91 Å². The van der Waals surface area contributed by atoms with E-state index < -0.39 is 0 Å². The van der Waals surface area contributed by atoms with Crippen molar-refractivity contribution >= 4 is 28.5 Å². The van der Waals surface area contributed by atoms with E-state index >= 15 is 0 Å². The number of hydrogen-bond donors (Lipinski definition) is 2. The molecule has 0 atom stereocenters. The molecule has 0 unspecified atom stereocenters. The minimum absolute atomic E-state index is 0.111. The summed E-state index contributed by atoms with van der Waals surface area (Å²) < 4.78 is 0.586. The molecule has 3 nitrogen and oxygen atoms in total. The normalized spacial score (nSPS) is 12.3. The van der Waals surface area contributed by atoms with E-state index in [0.717, 1.165) is 0 Å². The Hall–Kier alpha value is -0.260. The van der Waals surface area contributed by atoms with Crippen LogP contribution in [0.5, 0.6) is 0 Å². The second-order valence-corrected chi connectivity index (χ2v) is 2.85. The van der Waals surface area contributed by atoms with Crippen molar-refractivity contribution < 1.29 is 4.79 Å². The van der Waals surface area contributed by atoms with Gasteiger partial charge in [-0.05, 0) is 29.0 Å². The Bertz CT molecular complexity index is 165. The highest BCUT2D eigenvalue weighted by molar-refractivity contribution is 14.1. The molecule has 0 aromatic rings. The molecule has 0 rings (SSSR count). The number of rotatable bonds is 2.